The maximum atomic E-state index is 11.3. The van der Waals surface area contributed by atoms with E-state index in [1.54, 1.807) is 25.2 Å². The second-order valence-corrected chi connectivity index (χ2v) is 2.52. The molecular weight excluding hydrogens is 168 g/mol. The number of carbonyl (C=O) groups excluding carboxylic acids is 1. The quantitative estimate of drug-likeness (QED) is 0.685. The fourth-order valence-electron chi connectivity index (χ4n) is 0.935. The van der Waals surface area contributed by atoms with Gasteiger partial charge in [-0.05, 0) is 13.1 Å². The van der Waals surface area contributed by atoms with Crippen molar-refractivity contribution in [1.82, 2.24) is 10.3 Å². The summed E-state index contributed by atoms with van der Waals surface area (Å²) in [5, 5.41) is 2.77. The van der Waals surface area contributed by atoms with Gasteiger partial charge >= 0.3 is 0 Å². The van der Waals surface area contributed by atoms with Crippen LogP contribution in [0.1, 0.15) is 10.5 Å². The Labute approximate surface area is 76.9 Å². The summed E-state index contributed by atoms with van der Waals surface area (Å²) in [6, 6.07) is 5.12. The van der Waals surface area contributed by atoms with Crippen molar-refractivity contribution in [2.45, 2.75) is 0 Å². The number of pyridine rings is 1. The average Bonchev–Trinajstić information content (AvgIpc) is 2.18. The number of rotatable bonds is 4. The molecule has 0 unspecified atom stereocenters. The largest absolute Gasteiger partial charge is 0.481 e. The maximum absolute atomic E-state index is 11.3. The SMILES string of the molecule is CNCC(=O)c1cccc(OC)n1. The van der Waals surface area contributed by atoms with Gasteiger partial charge < -0.3 is 10.1 Å². The van der Waals surface area contributed by atoms with Crippen molar-refractivity contribution in [2.75, 3.05) is 20.7 Å². The number of hydrogen-bond donors (Lipinski definition) is 1. The molecule has 0 amide bonds. The highest BCUT2D eigenvalue weighted by Crippen LogP contribution is 2.06. The van der Waals surface area contributed by atoms with Gasteiger partial charge in [-0.1, -0.05) is 6.07 Å². The summed E-state index contributed by atoms with van der Waals surface area (Å²) >= 11 is 0. The minimum absolute atomic E-state index is 0.0404. The molecule has 0 radical (unpaired) electrons. The van der Waals surface area contributed by atoms with E-state index in [9.17, 15) is 4.79 Å². The highest BCUT2D eigenvalue weighted by molar-refractivity contribution is 5.95. The Balaban J connectivity index is 2.82. The summed E-state index contributed by atoms with van der Waals surface area (Å²) in [7, 11) is 3.24. The minimum atomic E-state index is -0.0404. The molecule has 4 nitrogen and oxygen atoms in total. The fraction of sp³-hybridized carbons (Fsp3) is 0.333. The summed E-state index contributed by atoms with van der Waals surface area (Å²) in [4.78, 5) is 15.3. The lowest BCUT2D eigenvalue weighted by Crippen LogP contribution is -2.19. The Bertz CT molecular complexity index is 299. The number of likely N-dealkylation sites (N-methyl/N-ethyl adjacent to an activating group) is 1. The van der Waals surface area contributed by atoms with Crippen LogP contribution in [0.5, 0.6) is 5.88 Å². The summed E-state index contributed by atoms with van der Waals surface area (Å²) in [6.45, 7) is 0.292. The fourth-order valence-corrected chi connectivity index (χ4v) is 0.935. The molecule has 70 valence electrons. The van der Waals surface area contributed by atoms with E-state index in [0.29, 0.717) is 18.1 Å². The first-order chi connectivity index (χ1) is 6.27. The van der Waals surface area contributed by atoms with Crippen molar-refractivity contribution in [2.24, 2.45) is 0 Å². The van der Waals surface area contributed by atoms with Crippen LogP contribution < -0.4 is 10.1 Å². The van der Waals surface area contributed by atoms with Crippen molar-refractivity contribution in [1.29, 1.82) is 0 Å². The number of ketones is 1. The van der Waals surface area contributed by atoms with Crippen molar-refractivity contribution in [3.63, 3.8) is 0 Å². The zero-order chi connectivity index (χ0) is 9.68. The van der Waals surface area contributed by atoms with Crippen LogP contribution in [0.4, 0.5) is 0 Å². The van der Waals surface area contributed by atoms with Crippen LogP contribution in [-0.4, -0.2) is 31.5 Å². The lowest BCUT2D eigenvalue weighted by molar-refractivity contribution is 0.0988. The Morgan fingerprint density at radius 1 is 1.62 bits per heavy atom. The number of nitrogens with zero attached hydrogens (tertiary/aromatic N) is 1. The lowest BCUT2D eigenvalue weighted by atomic mass is 10.2. The van der Waals surface area contributed by atoms with Crippen LogP contribution in [0.2, 0.25) is 0 Å². The van der Waals surface area contributed by atoms with E-state index in [4.69, 9.17) is 4.74 Å². The monoisotopic (exact) mass is 180 g/mol. The summed E-state index contributed by atoms with van der Waals surface area (Å²) < 4.78 is 4.90. The topological polar surface area (TPSA) is 51.2 Å². The van der Waals surface area contributed by atoms with Gasteiger partial charge in [-0.2, -0.15) is 0 Å². The molecule has 4 heteroatoms. The standard InChI is InChI=1S/C9H12N2O2/c1-10-6-8(12)7-4-3-5-9(11-7)13-2/h3-5,10H,6H2,1-2H3. The van der Waals surface area contributed by atoms with Crippen LogP contribution in [0.25, 0.3) is 0 Å². The highest BCUT2D eigenvalue weighted by atomic mass is 16.5. The minimum Gasteiger partial charge on any atom is -0.481 e. The predicted molar refractivity (Wildman–Crippen MR) is 49.0 cm³/mol. The van der Waals surface area contributed by atoms with Gasteiger partial charge in [0.2, 0.25) is 5.88 Å². The molecule has 0 aliphatic heterocycles. The van der Waals surface area contributed by atoms with Crippen molar-refractivity contribution < 1.29 is 9.53 Å². The third-order valence-electron chi connectivity index (χ3n) is 1.56. The molecule has 0 atom stereocenters. The van der Waals surface area contributed by atoms with E-state index >= 15 is 0 Å². The van der Waals surface area contributed by atoms with E-state index in [1.165, 1.54) is 7.11 Å². The molecule has 0 spiro atoms. The average molecular weight is 180 g/mol. The Morgan fingerprint density at radius 3 is 3.00 bits per heavy atom. The number of carbonyl (C=O) groups is 1. The first-order valence-corrected chi connectivity index (χ1v) is 3.96. The molecule has 1 rings (SSSR count). The molecule has 0 aliphatic carbocycles. The van der Waals surface area contributed by atoms with Gasteiger partial charge in [0.25, 0.3) is 0 Å². The van der Waals surface area contributed by atoms with Crippen molar-refractivity contribution in [3.05, 3.63) is 23.9 Å². The van der Waals surface area contributed by atoms with Crippen LogP contribution in [0, 0.1) is 0 Å². The maximum Gasteiger partial charge on any atom is 0.213 e. The van der Waals surface area contributed by atoms with Crippen LogP contribution in [0.3, 0.4) is 0 Å². The molecule has 0 bridgehead atoms. The van der Waals surface area contributed by atoms with Gasteiger partial charge in [-0.3, -0.25) is 4.79 Å². The zero-order valence-corrected chi connectivity index (χ0v) is 7.70. The number of Topliss-reactive ketones (excluding diaryl/α,β-unsaturated/α-hetero) is 1. The predicted octanol–water partition coefficient (Wildman–Crippen LogP) is 0.492. The number of hydrogen-bond acceptors (Lipinski definition) is 4. The highest BCUT2D eigenvalue weighted by Gasteiger charge is 2.06. The first-order valence-electron chi connectivity index (χ1n) is 3.96. The number of nitrogens with one attached hydrogen (secondary N) is 1. The van der Waals surface area contributed by atoms with Crippen LogP contribution in [-0.2, 0) is 0 Å². The molecule has 0 fully saturated rings. The van der Waals surface area contributed by atoms with E-state index in [-0.39, 0.29) is 5.78 Å². The number of methoxy groups -OCH3 is 1. The number of aromatic nitrogens is 1. The number of ether oxygens (including phenoxy) is 1. The van der Waals surface area contributed by atoms with Crippen LogP contribution >= 0.6 is 0 Å². The third kappa shape index (κ3) is 2.52. The summed E-state index contributed by atoms with van der Waals surface area (Å²) in [5.74, 6) is 0.420. The summed E-state index contributed by atoms with van der Waals surface area (Å²) in [6.07, 6.45) is 0. The van der Waals surface area contributed by atoms with Gasteiger partial charge in [-0.15, -0.1) is 0 Å². The second kappa shape index (κ2) is 4.57. The molecule has 1 N–H and O–H groups in total. The molecule has 1 aromatic rings. The molecule has 0 saturated heterocycles. The van der Waals surface area contributed by atoms with Crippen molar-refractivity contribution in [3.8, 4) is 5.88 Å². The smallest absolute Gasteiger partial charge is 0.213 e. The van der Waals surface area contributed by atoms with Gasteiger partial charge in [0, 0.05) is 6.07 Å². The Morgan fingerprint density at radius 2 is 2.38 bits per heavy atom. The van der Waals surface area contributed by atoms with E-state index in [0.717, 1.165) is 0 Å². The van der Waals surface area contributed by atoms with Gasteiger partial charge in [0.1, 0.15) is 5.69 Å². The lowest BCUT2D eigenvalue weighted by Gasteiger charge is -2.01. The Kier molecular flexibility index (Phi) is 3.40. The van der Waals surface area contributed by atoms with E-state index in [1.807, 2.05) is 0 Å². The molecule has 1 aromatic heterocycles. The molecule has 0 aliphatic rings. The Hall–Kier alpha value is -1.42. The van der Waals surface area contributed by atoms with Gasteiger partial charge in [0.05, 0.1) is 13.7 Å². The first kappa shape index (κ1) is 9.67. The molecular formula is C9H12N2O2. The van der Waals surface area contributed by atoms with Crippen LogP contribution in [0.15, 0.2) is 18.2 Å². The second-order valence-electron chi connectivity index (χ2n) is 2.52. The van der Waals surface area contributed by atoms with Gasteiger partial charge in [0.15, 0.2) is 5.78 Å². The normalized spacial score (nSPS) is 9.69. The summed E-state index contributed by atoms with van der Waals surface area (Å²) in [5.41, 5.74) is 0.425. The molecule has 13 heavy (non-hydrogen) atoms. The molecule has 0 aromatic carbocycles. The van der Waals surface area contributed by atoms with Crippen molar-refractivity contribution >= 4 is 5.78 Å². The zero-order valence-electron chi connectivity index (χ0n) is 7.70. The van der Waals surface area contributed by atoms with E-state index in [2.05, 4.69) is 10.3 Å². The molecule has 1 heterocycles. The molecule has 0 saturated carbocycles. The third-order valence-corrected chi connectivity index (χ3v) is 1.56. The van der Waals surface area contributed by atoms with Gasteiger partial charge in [-0.25, -0.2) is 4.98 Å². The van der Waals surface area contributed by atoms with E-state index < -0.39 is 0 Å².